The van der Waals surface area contributed by atoms with Gasteiger partial charge in [-0.15, -0.1) is 0 Å². The SMILES string of the molecule is CCCNC1CCC(c2cc(C)ccc2C)C1C. The van der Waals surface area contributed by atoms with Gasteiger partial charge < -0.3 is 5.32 Å². The highest BCUT2D eigenvalue weighted by molar-refractivity contribution is 5.34. The van der Waals surface area contributed by atoms with Crippen molar-refractivity contribution in [1.29, 1.82) is 0 Å². The standard InChI is InChI=1S/C17H27N/c1-5-10-18-17-9-8-15(14(17)4)16-11-12(2)6-7-13(16)3/h6-7,11,14-15,17-18H,5,8-10H2,1-4H3. The van der Waals surface area contributed by atoms with Crippen molar-refractivity contribution in [2.75, 3.05) is 6.54 Å². The van der Waals surface area contributed by atoms with Gasteiger partial charge >= 0.3 is 0 Å². The van der Waals surface area contributed by atoms with Gasteiger partial charge in [-0.05, 0) is 62.6 Å². The second kappa shape index (κ2) is 5.88. The Morgan fingerprint density at radius 1 is 1.22 bits per heavy atom. The topological polar surface area (TPSA) is 12.0 Å². The first-order valence-electron chi connectivity index (χ1n) is 7.44. The molecule has 100 valence electrons. The third kappa shape index (κ3) is 2.77. The molecule has 18 heavy (non-hydrogen) atoms. The predicted octanol–water partition coefficient (Wildman–Crippen LogP) is 4.19. The van der Waals surface area contributed by atoms with Gasteiger partial charge in [0, 0.05) is 6.04 Å². The van der Waals surface area contributed by atoms with E-state index in [9.17, 15) is 0 Å². The molecule has 0 radical (unpaired) electrons. The van der Waals surface area contributed by atoms with Crippen molar-refractivity contribution in [2.45, 2.75) is 58.9 Å². The van der Waals surface area contributed by atoms with Crippen molar-refractivity contribution in [3.63, 3.8) is 0 Å². The second-order valence-corrected chi connectivity index (χ2v) is 5.96. The van der Waals surface area contributed by atoms with Crippen LogP contribution in [0.4, 0.5) is 0 Å². The van der Waals surface area contributed by atoms with Crippen LogP contribution in [0.3, 0.4) is 0 Å². The molecule has 3 atom stereocenters. The Kier molecular flexibility index (Phi) is 4.45. The first-order valence-corrected chi connectivity index (χ1v) is 7.44. The molecule has 0 heterocycles. The van der Waals surface area contributed by atoms with E-state index in [2.05, 4.69) is 51.2 Å². The molecule has 0 aliphatic heterocycles. The van der Waals surface area contributed by atoms with Crippen LogP contribution in [-0.4, -0.2) is 12.6 Å². The second-order valence-electron chi connectivity index (χ2n) is 5.96. The molecule has 1 N–H and O–H groups in total. The van der Waals surface area contributed by atoms with Gasteiger partial charge in [0.1, 0.15) is 0 Å². The Balaban J connectivity index is 2.12. The van der Waals surface area contributed by atoms with E-state index in [1.54, 1.807) is 5.56 Å². The Bertz CT molecular complexity index is 397. The van der Waals surface area contributed by atoms with Crippen LogP contribution in [0.2, 0.25) is 0 Å². The maximum atomic E-state index is 3.71. The molecule has 1 heteroatoms. The average Bonchev–Trinajstić information content (AvgIpc) is 2.71. The summed E-state index contributed by atoms with van der Waals surface area (Å²) in [5.41, 5.74) is 4.45. The Hall–Kier alpha value is -0.820. The Morgan fingerprint density at radius 3 is 2.72 bits per heavy atom. The fourth-order valence-corrected chi connectivity index (χ4v) is 3.38. The molecular formula is C17H27N. The van der Waals surface area contributed by atoms with Crippen LogP contribution in [0.25, 0.3) is 0 Å². The minimum Gasteiger partial charge on any atom is -0.314 e. The van der Waals surface area contributed by atoms with Gasteiger partial charge in [-0.25, -0.2) is 0 Å². The summed E-state index contributed by atoms with van der Waals surface area (Å²) in [5, 5.41) is 3.71. The summed E-state index contributed by atoms with van der Waals surface area (Å²) in [6.45, 7) is 10.3. The van der Waals surface area contributed by atoms with E-state index in [1.165, 1.54) is 30.4 Å². The van der Waals surface area contributed by atoms with Gasteiger partial charge in [-0.1, -0.05) is 37.6 Å². The van der Waals surface area contributed by atoms with Gasteiger partial charge in [-0.2, -0.15) is 0 Å². The van der Waals surface area contributed by atoms with E-state index in [-0.39, 0.29) is 0 Å². The lowest BCUT2D eigenvalue weighted by molar-refractivity contribution is 0.404. The molecule has 0 aromatic heterocycles. The number of hydrogen-bond donors (Lipinski definition) is 1. The smallest absolute Gasteiger partial charge is 0.00987 e. The normalized spacial score (nSPS) is 27.7. The van der Waals surface area contributed by atoms with Crippen molar-refractivity contribution < 1.29 is 0 Å². The van der Waals surface area contributed by atoms with E-state index >= 15 is 0 Å². The number of aryl methyl sites for hydroxylation is 2. The number of hydrogen-bond acceptors (Lipinski definition) is 1. The molecule has 1 saturated carbocycles. The van der Waals surface area contributed by atoms with E-state index < -0.39 is 0 Å². The van der Waals surface area contributed by atoms with E-state index in [0.29, 0.717) is 0 Å². The minimum absolute atomic E-state index is 0.717. The summed E-state index contributed by atoms with van der Waals surface area (Å²) >= 11 is 0. The molecule has 1 aromatic rings. The first kappa shape index (κ1) is 13.6. The summed E-state index contributed by atoms with van der Waals surface area (Å²) in [4.78, 5) is 0. The van der Waals surface area contributed by atoms with Crippen LogP contribution >= 0.6 is 0 Å². The molecule has 2 rings (SSSR count). The molecule has 1 aliphatic carbocycles. The van der Waals surface area contributed by atoms with E-state index in [4.69, 9.17) is 0 Å². The molecule has 1 aliphatic rings. The number of benzene rings is 1. The average molecular weight is 245 g/mol. The van der Waals surface area contributed by atoms with Crippen molar-refractivity contribution in [3.05, 3.63) is 34.9 Å². The fraction of sp³-hybridized carbons (Fsp3) is 0.647. The van der Waals surface area contributed by atoms with Crippen molar-refractivity contribution in [3.8, 4) is 0 Å². The summed E-state index contributed by atoms with van der Waals surface area (Å²) in [7, 11) is 0. The van der Waals surface area contributed by atoms with Crippen LogP contribution in [0.15, 0.2) is 18.2 Å². The Labute approximate surface area is 112 Å². The van der Waals surface area contributed by atoms with Gasteiger partial charge in [-0.3, -0.25) is 0 Å². The van der Waals surface area contributed by atoms with E-state index in [1.807, 2.05) is 0 Å². The van der Waals surface area contributed by atoms with Gasteiger partial charge in [0.15, 0.2) is 0 Å². The number of nitrogens with one attached hydrogen (secondary N) is 1. The lowest BCUT2D eigenvalue weighted by Gasteiger charge is -2.23. The molecule has 3 unspecified atom stereocenters. The molecule has 1 aromatic carbocycles. The van der Waals surface area contributed by atoms with Gasteiger partial charge in [0.25, 0.3) is 0 Å². The molecule has 1 fully saturated rings. The molecule has 0 spiro atoms. The highest BCUT2D eigenvalue weighted by Gasteiger charge is 2.33. The van der Waals surface area contributed by atoms with Crippen LogP contribution in [0, 0.1) is 19.8 Å². The third-order valence-corrected chi connectivity index (χ3v) is 4.55. The van der Waals surface area contributed by atoms with Gasteiger partial charge in [0.05, 0.1) is 0 Å². The molecule has 0 amide bonds. The predicted molar refractivity (Wildman–Crippen MR) is 79.1 cm³/mol. The minimum atomic E-state index is 0.717. The van der Waals surface area contributed by atoms with E-state index in [0.717, 1.165) is 24.4 Å². The lowest BCUT2D eigenvalue weighted by Crippen LogP contribution is -2.32. The molecule has 0 bridgehead atoms. The molecular weight excluding hydrogens is 218 g/mol. The molecule has 0 saturated heterocycles. The quantitative estimate of drug-likeness (QED) is 0.839. The maximum Gasteiger partial charge on any atom is 0.00987 e. The Morgan fingerprint density at radius 2 is 2.00 bits per heavy atom. The summed E-state index contributed by atoms with van der Waals surface area (Å²) < 4.78 is 0. The third-order valence-electron chi connectivity index (χ3n) is 4.55. The molecule has 1 nitrogen and oxygen atoms in total. The van der Waals surface area contributed by atoms with Crippen molar-refractivity contribution >= 4 is 0 Å². The highest BCUT2D eigenvalue weighted by Crippen LogP contribution is 2.40. The highest BCUT2D eigenvalue weighted by atomic mass is 14.9. The zero-order valence-corrected chi connectivity index (χ0v) is 12.3. The van der Waals surface area contributed by atoms with Crippen molar-refractivity contribution in [1.82, 2.24) is 5.32 Å². The van der Waals surface area contributed by atoms with Gasteiger partial charge in [0.2, 0.25) is 0 Å². The zero-order valence-electron chi connectivity index (χ0n) is 12.3. The van der Waals surface area contributed by atoms with Crippen LogP contribution < -0.4 is 5.32 Å². The summed E-state index contributed by atoms with van der Waals surface area (Å²) in [6.07, 6.45) is 3.91. The maximum absolute atomic E-state index is 3.71. The fourth-order valence-electron chi connectivity index (χ4n) is 3.38. The monoisotopic (exact) mass is 245 g/mol. The van der Waals surface area contributed by atoms with Crippen LogP contribution in [0.1, 0.15) is 55.7 Å². The summed E-state index contributed by atoms with van der Waals surface area (Å²) in [6, 6.07) is 7.63. The summed E-state index contributed by atoms with van der Waals surface area (Å²) in [5.74, 6) is 1.51. The van der Waals surface area contributed by atoms with Crippen LogP contribution in [0.5, 0.6) is 0 Å². The zero-order chi connectivity index (χ0) is 13.1. The van der Waals surface area contributed by atoms with Crippen LogP contribution in [-0.2, 0) is 0 Å². The largest absolute Gasteiger partial charge is 0.314 e. The lowest BCUT2D eigenvalue weighted by atomic mass is 9.85. The number of rotatable bonds is 4. The van der Waals surface area contributed by atoms with Crippen molar-refractivity contribution in [2.24, 2.45) is 5.92 Å². The first-order chi connectivity index (χ1) is 8.63.